The molecule has 2 aromatic rings. The molecule has 3 N–H and O–H groups in total. The standard InChI is InChI=1S/C12H18N4O2S2/c1-4-13-6-10-5-11(19-7-10)20(17,18)16-12-8(2)14-15-9(12)3/h5,7,13,16H,4,6H2,1-3H3,(H,14,15). The Labute approximate surface area is 122 Å². The number of aromatic nitrogens is 2. The van der Waals surface area contributed by atoms with Crippen molar-refractivity contribution in [2.75, 3.05) is 11.3 Å². The molecule has 0 aliphatic heterocycles. The largest absolute Gasteiger partial charge is 0.313 e. The summed E-state index contributed by atoms with van der Waals surface area (Å²) in [7, 11) is -3.55. The van der Waals surface area contributed by atoms with E-state index < -0.39 is 10.0 Å². The van der Waals surface area contributed by atoms with Gasteiger partial charge in [-0.15, -0.1) is 11.3 Å². The Morgan fingerprint density at radius 1 is 1.40 bits per heavy atom. The SMILES string of the molecule is CCNCc1csc(S(=O)(=O)Nc2c(C)n[nH]c2C)c1. The molecule has 0 unspecified atom stereocenters. The fraction of sp³-hybridized carbons (Fsp3) is 0.417. The van der Waals surface area contributed by atoms with Crippen LogP contribution < -0.4 is 10.0 Å². The lowest BCUT2D eigenvalue weighted by atomic mass is 10.3. The van der Waals surface area contributed by atoms with Gasteiger partial charge in [0, 0.05) is 6.54 Å². The summed E-state index contributed by atoms with van der Waals surface area (Å²) in [5.74, 6) is 0. The Morgan fingerprint density at radius 2 is 2.15 bits per heavy atom. The number of anilines is 1. The third-order valence-corrected chi connectivity index (χ3v) is 5.68. The molecule has 20 heavy (non-hydrogen) atoms. The fourth-order valence-electron chi connectivity index (χ4n) is 1.74. The van der Waals surface area contributed by atoms with E-state index in [9.17, 15) is 8.42 Å². The molecule has 0 saturated heterocycles. The first-order valence-electron chi connectivity index (χ1n) is 6.26. The molecule has 0 amide bonds. The summed E-state index contributed by atoms with van der Waals surface area (Å²) < 4.78 is 27.6. The molecule has 2 rings (SSSR count). The molecule has 2 aromatic heterocycles. The maximum absolute atomic E-state index is 12.3. The molecule has 2 heterocycles. The van der Waals surface area contributed by atoms with E-state index in [0.29, 0.717) is 27.8 Å². The number of hydrogen-bond acceptors (Lipinski definition) is 5. The van der Waals surface area contributed by atoms with E-state index in [1.54, 1.807) is 19.9 Å². The van der Waals surface area contributed by atoms with Crippen LogP contribution in [0.15, 0.2) is 15.7 Å². The van der Waals surface area contributed by atoms with Crippen molar-refractivity contribution in [3.8, 4) is 0 Å². The monoisotopic (exact) mass is 314 g/mol. The summed E-state index contributed by atoms with van der Waals surface area (Å²) in [6.07, 6.45) is 0. The maximum atomic E-state index is 12.3. The predicted molar refractivity (Wildman–Crippen MR) is 80.6 cm³/mol. The van der Waals surface area contributed by atoms with Crippen molar-refractivity contribution in [2.45, 2.75) is 31.5 Å². The Morgan fingerprint density at radius 3 is 2.75 bits per heavy atom. The zero-order chi connectivity index (χ0) is 14.8. The van der Waals surface area contributed by atoms with Gasteiger partial charge in [-0.2, -0.15) is 5.10 Å². The smallest absolute Gasteiger partial charge is 0.271 e. The van der Waals surface area contributed by atoms with E-state index in [1.165, 1.54) is 11.3 Å². The van der Waals surface area contributed by atoms with Crippen LogP contribution in [0.3, 0.4) is 0 Å². The molecule has 110 valence electrons. The molecule has 0 aromatic carbocycles. The van der Waals surface area contributed by atoms with Crippen LogP contribution in [-0.2, 0) is 16.6 Å². The number of H-pyrrole nitrogens is 1. The maximum Gasteiger partial charge on any atom is 0.271 e. The van der Waals surface area contributed by atoms with E-state index in [4.69, 9.17) is 0 Å². The van der Waals surface area contributed by atoms with Gasteiger partial charge in [0.15, 0.2) is 0 Å². The fourth-order valence-corrected chi connectivity index (χ4v) is 4.13. The van der Waals surface area contributed by atoms with Gasteiger partial charge in [0.25, 0.3) is 10.0 Å². The number of aryl methyl sites for hydroxylation is 2. The minimum Gasteiger partial charge on any atom is -0.313 e. The minimum atomic E-state index is -3.55. The first kappa shape index (κ1) is 15.0. The zero-order valence-corrected chi connectivity index (χ0v) is 13.3. The Bertz CT molecular complexity index is 669. The topological polar surface area (TPSA) is 86.9 Å². The van der Waals surface area contributed by atoms with Crippen molar-refractivity contribution < 1.29 is 8.42 Å². The molecule has 6 nitrogen and oxygen atoms in total. The number of thiophene rings is 1. The van der Waals surface area contributed by atoms with Crippen molar-refractivity contribution in [3.05, 3.63) is 28.4 Å². The third kappa shape index (κ3) is 3.20. The van der Waals surface area contributed by atoms with Crippen LogP contribution in [-0.4, -0.2) is 25.2 Å². The molecule has 0 aliphatic rings. The quantitative estimate of drug-likeness (QED) is 0.761. The van der Waals surface area contributed by atoms with Crippen molar-refractivity contribution >= 4 is 27.0 Å². The average molecular weight is 314 g/mol. The van der Waals surface area contributed by atoms with E-state index in [-0.39, 0.29) is 0 Å². The number of sulfonamides is 1. The van der Waals surface area contributed by atoms with Gasteiger partial charge < -0.3 is 5.32 Å². The van der Waals surface area contributed by atoms with Crippen LogP contribution in [0, 0.1) is 13.8 Å². The Hall–Kier alpha value is -1.38. The highest BCUT2D eigenvalue weighted by Gasteiger charge is 2.20. The van der Waals surface area contributed by atoms with Crippen molar-refractivity contribution in [1.29, 1.82) is 0 Å². The molecule has 8 heteroatoms. The van der Waals surface area contributed by atoms with Crippen LogP contribution in [0.2, 0.25) is 0 Å². The minimum absolute atomic E-state index is 0.311. The highest BCUT2D eigenvalue weighted by molar-refractivity contribution is 7.94. The molecular weight excluding hydrogens is 296 g/mol. The van der Waals surface area contributed by atoms with E-state index >= 15 is 0 Å². The number of aromatic amines is 1. The lowest BCUT2D eigenvalue weighted by Crippen LogP contribution is -2.13. The lowest BCUT2D eigenvalue weighted by Gasteiger charge is -2.05. The van der Waals surface area contributed by atoms with Gasteiger partial charge in [-0.1, -0.05) is 6.92 Å². The molecule has 0 saturated carbocycles. The molecule has 0 radical (unpaired) electrons. The van der Waals surface area contributed by atoms with Gasteiger partial charge in [0.1, 0.15) is 4.21 Å². The second kappa shape index (κ2) is 5.94. The molecule has 0 atom stereocenters. The van der Waals surface area contributed by atoms with Crippen molar-refractivity contribution in [3.63, 3.8) is 0 Å². The van der Waals surface area contributed by atoms with Gasteiger partial charge in [0.05, 0.1) is 17.1 Å². The first-order valence-corrected chi connectivity index (χ1v) is 8.63. The summed E-state index contributed by atoms with van der Waals surface area (Å²) in [4.78, 5) is 0. The normalized spacial score (nSPS) is 11.8. The number of rotatable bonds is 6. The van der Waals surface area contributed by atoms with E-state index in [1.807, 2.05) is 12.3 Å². The second-order valence-corrected chi connectivity index (χ2v) is 7.29. The summed E-state index contributed by atoms with van der Waals surface area (Å²) in [5.41, 5.74) is 2.83. The average Bonchev–Trinajstić information content (AvgIpc) is 2.99. The number of nitrogens with one attached hydrogen (secondary N) is 3. The highest BCUT2D eigenvalue weighted by atomic mass is 32.2. The van der Waals surface area contributed by atoms with Crippen LogP contribution in [0.25, 0.3) is 0 Å². The van der Waals surface area contributed by atoms with Gasteiger partial charge in [-0.25, -0.2) is 8.42 Å². The molecule has 0 bridgehead atoms. The summed E-state index contributed by atoms with van der Waals surface area (Å²) in [6, 6.07) is 1.69. The predicted octanol–water partition coefficient (Wildman–Crippen LogP) is 2.00. The van der Waals surface area contributed by atoms with Gasteiger partial charge in [-0.05, 0) is 37.4 Å². The zero-order valence-electron chi connectivity index (χ0n) is 11.6. The Kier molecular flexibility index (Phi) is 4.46. The molecule has 0 spiro atoms. The van der Waals surface area contributed by atoms with Crippen LogP contribution in [0.1, 0.15) is 23.9 Å². The molecule has 0 fully saturated rings. The molecular formula is C12H18N4O2S2. The summed E-state index contributed by atoms with van der Waals surface area (Å²) in [6.45, 7) is 7.07. The van der Waals surface area contributed by atoms with Crippen LogP contribution >= 0.6 is 11.3 Å². The van der Waals surface area contributed by atoms with E-state index in [0.717, 1.165) is 12.1 Å². The van der Waals surface area contributed by atoms with Gasteiger partial charge in [-0.3, -0.25) is 9.82 Å². The summed E-state index contributed by atoms with van der Waals surface area (Å²) in [5, 5.41) is 11.8. The van der Waals surface area contributed by atoms with Crippen LogP contribution in [0.5, 0.6) is 0 Å². The second-order valence-electron chi connectivity index (χ2n) is 4.47. The van der Waals surface area contributed by atoms with Crippen molar-refractivity contribution in [1.82, 2.24) is 15.5 Å². The van der Waals surface area contributed by atoms with Gasteiger partial charge in [0.2, 0.25) is 0 Å². The number of nitrogens with zero attached hydrogens (tertiary/aromatic N) is 1. The first-order chi connectivity index (χ1) is 9.44. The van der Waals surface area contributed by atoms with Crippen LogP contribution in [0.4, 0.5) is 5.69 Å². The lowest BCUT2D eigenvalue weighted by molar-refractivity contribution is 0.603. The van der Waals surface area contributed by atoms with Crippen molar-refractivity contribution in [2.24, 2.45) is 0 Å². The number of hydrogen-bond donors (Lipinski definition) is 3. The van der Waals surface area contributed by atoms with Gasteiger partial charge >= 0.3 is 0 Å². The van der Waals surface area contributed by atoms with E-state index in [2.05, 4.69) is 20.2 Å². The third-order valence-electron chi connectivity index (χ3n) is 2.84. The summed E-state index contributed by atoms with van der Waals surface area (Å²) >= 11 is 1.22. The Balaban J connectivity index is 2.20. The highest BCUT2D eigenvalue weighted by Crippen LogP contribution is 2.25. The molecule has 0 aliphatic carbocycles.